The second-order valence-corrected chi connectivity index (χ2v) is 5.77. The van der Waals surface area contributed by atoms with Gasteiger partial charge in [-0.1, -0.05) is 0 Å². The van der Waals surface area contributed by atoms with Crippen LogP contribution in [0.5, 0.6) is 0 Å². The molecule has 23 heavy (non-hydrogen) atoms. The van der Waals surface area contributed by atoms with Crippen LogP contribution in [0.3, 0.4) is 0 Å². The molecule has 1 N–H and O–H groups in total. The molecule has 1 fully saturated rings. The molecule has 3 heterocycles. The lowest BCUT2D eigenvalue weighted by Gasteiger charge is -2.36. The summed E-state index contributed by atoms with van der Waals surface area (Å²) >= 11 is 0. The summed E-state index contributed by atoms with van der Waals surface area (Å²) in [5, 5.41) is 13.3. The smallest absolute Gasteiger partial charge is 0.308 e. The molecule has 0 radical (unpaired) electrons. The molecule has 0 aliphatic carbocycles. The van der Waals surface area contributed by atoms with Crippen molar-refractivity contribution < 1.29 is 14.7 Å². The average Bonchev–Trinajstić information content (AvgIpc) is 3.09. The van der Waals surface area contributed by atoms with E-state index in [0.717, 1.165) is 0 Å². The second kappa shape index (κ2) is 6.20. The Kier molecular flexibility index (Phi) is 4.10. The number of carbonyl (C=O) groups excluding carboxylic acids is 1. The molecule has 2 aromatic heterocycles. The third-order valence-corrected chi connectivity index (χ3v) is 4.22. The molecular formula is C16H18N4O3. The van der Waals surface area contributed by atoms with Gasteiger partial charge in [-0.15, -0.1) is 0 Å². The van der Waals surface area contributed by atoms with Crippen LogP contribution in [0.25, 0.3) is 5.82 Å². The number of nitrogens with zero attached hydrogens (tertiary/aromatic N) is 4. The van der Waals surface area contributed by atoms with Gasteiger partial charge in [0.05, 0.1) is 5.92 Å². The molecule has 1 aliphatic heterocycles. The lowest BCUT2D eigenvalue weighted by molar-refractivity contribution is -0.143. The van der Waals surface area contributed by atoms with E-state index in [1.165, 1.54) is 0 Å². The SMILES string of the molecule is CC1CCC(C(=O)O)CN1C(=O)c1ccnc(-n2cccn2)c1. The third-order valence-electron chi connectivity index (χ3n) is 4.22. The van der Waals surface area contributed by atoms with Gasteiger partial charge in [0.2, 0.25) is 0 Å². The fourth-order valence-corrected chi connectivity index (χ4v) is 2.84. The number of aliphatic carboxylic acids is 1. The van der Waals surface area contributed by atoms with Gasteiger partial charge in [0.1, 0.15) is 0 Å². The van der Waals surface area contributed by atoms with Gasteiger partial charge in [0.25, 0.3) is 5.91 Å². The first kappa shape index (κ1) is 15.2. The molecule has 0 bridgehead atoms. The Balaban J connectivity index is 1.84. The molecule has 120 valence electrons. The fourth-order valence-electron chi connectivity index (χ4n) is 2.84. The van der Waals surface area contributed by atoms with E-state index >= 15 is 0 Å². The number of carbonyl (C=O) groups is 2. The second-order valence-electron chi connectivity index (χ2n) is 5.77. The van der Waals surface area contributed by atoms with Crippen LogP contribution >= 0.6 is 0 Å². The van der Waals surface area contributed by atoms with Gasteiger partial charge in [0, 0.05) is 36.7 Å². The molecule has 0 saturated carbocycles. The Bertz CT molecular complexity index is 714. The molecule has 1 saturated heterocycles. The topological polar surface area (TPSA) is 88.3 Å². The maximum atomic E-state index is 12.8. The molecule has 0 aromatic carbocycles. The zero-order chi connectivity index (χ0) is 16.4. The highest BCUT2D eigenvalue weighted by Gasteiger charge is 2.33. The van der Waals surface area contributed by atoms with Crippen molar-refractivity contribution in [1.29, 1.82) is 0 Å². The van der Waals surface area contributed by atoms with E-state index in [0.29, 0.717) is 24.2 Å². The van der Waals surface area contributed by atoms with Crippen LogP contribution in [0.4, 0.5) is 0 Å². The summed E-state index contributed by atoms with van der Waals surface area (Å²) < 4.78 is 1.58. The molecule has 2 aromatic rings. The largest absolute Gasteiger partial charge is 0.481 e. The number of amides is 1. The minimum absolute atomic E-state index is 0.0272. The first-order valence-corrected chi connectivity index (χ1v) is 7.56. The van der Waals surface area contributed by atoms with Crippen LogP contribution < -0.4 is 0 Å². The molecule has 0 spiro atoms. The highest BCUT2D eigenvalue weighted by Crippen LogP contribution is 2.24. The van der Waals surface area contributed by atoms with Gasteiger partial charge in [-0.2, -0.15) is 5.10 Å². The quantitative estimate of drug-likeness (QED) is 0.929. The zero-order valence-electron chi connectivity index (χ0n) is 12.8. The minimum Gasteiger partial charge on any atom is -0.481 e. The summed E-state index contributed by atoms with van der Waals surface area (Å²) in [5.74, 6) is -0.955. The Labute approximate surface area is 133 Å². The van der Waals surface area contributed by atoms with E-state index in [1.807, 2.05) is 6.92 Å². The summed E-state index contributed by atoms with van der Waals surface area (Å²) in [4.78, 5) is 29.8. The van der Waals surface area contributed by atoms with Gasteiger partial charge >= 0.3 is 5.97 Å². The summed E-state index contributed by atoms with van der Waals surface area (Å²) in [7, 11) is 0. The van der Waals surface area contributed by atoms with E-state index in [4.69, 9.17) is 0 Å². The standard InChI is InChI=1S/C16H18N4O3/c1-11-3-4-13(16(22)23)10-19(11)15(21)12-5-7-17-14(9-12)20-8-2-6-18-20/h2,5-9,11,13H,3-4,10H2,1H3,(H,22,23). The van der Waals surface area contributed by atoms with Gasteiger partial charge in [-0.3, -0.25) is 9.59 Å². The van der Waals surface area contributed by atoms with E-state index in [1.54, 1.807) is 46.4 Å². The Morgan fingerprint density at radius 3 is 2.83 bits per heavy atom. The zero-order valence-corrected chi connectivity index (χ0v) is 12.8. The Morgan fingerprint density at radius 2 is 2.13 bits per heavy atom. The lowest BCUT2D eigenvalue weighted by atomic mass is 9.93. The summed E-state index contributed by atoms with van der Waals surface area (Å²) in [6, 6.07) is 5.12. The third kappa shape index (κ3) is 3.08. The van der Waals surface area contributed by atoms with Crippen molar-refractivity contribution in [2.45, 2.75) is 25.8 Å². The predicted molar refractivity (Wildman–Crippen MR) is 82.2 cm³/mol. The van der Waals surface area contributed by atoms with E-state index in [2.05, 4.69) is 10.1 Å². The molecular weight excluding hydrogens is 296 g/mol. The Morgan fingerprint density at radius 1 is 1.30 bits per heavy atom. The number of rotatable bonds is 3. The predicted octanol–water partition coefficient (Wildman–Crippen LogP) is 1.59. The van der Waals surface area contributed by atoms with Crippen LogP contribution in [-0.2, 0) is 4.79 Å². The number of likely N-dealkylation sites (tertiary alicyclic amines) is 1. The highest BCUT2D eigenvalue weighted by atomic mass is 16.4. The van der Waals surface area contributed by atoms with Gasteiger partial charge in [0.15, 0.2) is 5.82 Å². The minimum atomic E-state index is -0.846. The fraction of sp³-hybridized carbons (Fsp3) is 0.375. The number of piperidine rings is 1. The molecule has 2 unspecified atom stereocenters. The van der Waals surface area contributed by atoms with Crippen molar-refractivity contribution in [3.8, 4) is 5.82 Å². The molecule has 3 rings (SSSR count). The maximum Gasteiger partial charge on any atom is 0.308 e. The van der Waals surface area contributed by atoms with E-state index in [9.17, 15) is 14.7 Å². The number of aromatic nitrogens is 3. The van der Waals surface area contributed by atoms with Crippen LogP contribution in [0.1, 0.15) is 30.1 Å². The number of pyridine rings is 1. The molecule has 7 nitrogen and oxygen atoms in total. The van der Waals surface area contributed by atoms with Crippen LogP contribution in [-0.4, -0.2) is 49.2 Å². The number of carboxylic acid groups (broad SMARTS) is 1. The van der Waals surface area contributed by atoms with E-state index in [-0.39, 0.29) is 18.5 Å². The molecule has 1 aliphatic rings. The normalized spacial score (nSPS) is 21.2. The van der Waals surface area contributed by atoms with Crippen molar-refractivity contribution in [3.63, 3.8) is 0 Å². The maximum absolute atomic E-state index is 12.8. The summed E-state index contributed by atoms with van der Waals surface area (Å²) in [6.07, 6.45) is 6.25. The summed E-state index contributed by atoms with van der Waals surface area (Å²) in [6.45, 7) is 2.19. The van der Waals surface area contributed by atoms with Gasteiger partial charge in [-0.25, -0.2) is 9.67 Å². The first-order chi connectivity index (χ1) is 11.1. The van der Waals surface area contributed by atoms with Crippen LogP contribution in [0, 0.1) is 5.92 Å². The van der Waals surface area contributed by atoms with Gasteiger partial charge in [-0.05, 0) is 38.0 Å². The molecule has 7 heteroatoms. The highest BCUT2D eigenvalue weighted by molar-refractivity contribution is 5.95. The van der Waals surface area contributed by atoms with Crippen molar-refractivity contribution in [2.24, 2.45) is 5.92 Å². The monoisotopic (exact) mass is 314 g/mol. The summed E-state index contributed by atoms with van der Waals surface area (Å²) in [5.41, 5.74) is 0.489. The average molecular weight is 314 g/mol. The Hall–Kier alpha value is -2.70. The number of hydrogen-bond donors (Lipinski definition) is 1. The first-order valence-electron chi connectivity index (χ1n) is 7.56. The molecule has 2 atom stereocenters. The van der Waals surface area contributed by atoms with Crippen molar-refractivity contribution in [1.82, 2.24) is 19.7 Å². The lowest BCUT2D eigenvalue weighted by Crippen LogP contribution is -2.47. The van der Waals surface area contributed by atoms with Gasteiger partial charge < -0.3 is 10.0 Å². The number of hydrogen-bond acceptors (Lipinski definition) is 4. The van der Waals surface area contributed by atoms with Crippen LogP contribution in [0.2, 0.25) is 0 Å². The van der Waals surface area contributed by atoms with Crippen molar-refractivity contribution >= 4 is 11.9 Å². The number of carboxylic acids is 1. The van der Waals surface area contributed by atoms with Crippen LogP contribution in [0.15, 0.2) is 36.8 Å². The van der Waals surface area contributed by atoms with Crippen molar-refractivity contribution in [3.05, 3.63) is 42.4 Å². The molecule has 1 amide bonds. The van der Waals surface area contributed by atoms with E-state index < -0.39 is 11.9 Å². The van der Waals surface area contributed by atoms with Crippen molar-refractivity contribution in [2.75, 3.05) is 6.54 Å².